The zero-order valence-electron chi connectivity index (χ0n) is 8.09. The maximum atomic E-state index is 11.7. The fraction of sp³-hybridized carbons (Fsp3) is 0.625. The summed E-state index contributed by atoms with van der Waals surface area (Å²) >= 11 is 0. The minimum atomic E-state index is -0.453. The molecule has 0 aromatic carbocycles. The Bertz CT molecular complexity index is 365. The maximum absolute atomic E-state index is 11.7. The van der Waals surface area contributed by atoms with Gasteiger partial charge in [0.05, 0.1) is 12.6 Å². The number of hydrogen-bond donors (Lipinski definition) is 2. The van der Waals surface area contributed by atoms with Crippen LogP contribution in [0.25, 0.3) is 0 Å². The van der Waals surface area contributed by atoms with Gasteiger partial charge >= 0.3 is 11.8 Å². The van der Waals surface area contributed by atoms with Crippen LogP contribution < -0.4 is 5.73 Å². The molecule has 1 saturated heterocycles. The van der Waals surface area contributed by atoms with Crippen LogP contribution in [0.2, 0.25) is 0 Å². The van der Waals surface area contributed by atoms with Crippen LogP contribution in [0, 0.1) is 0 Å². The highest BCUT2D eigenvalue weighted by atomic mass is 16.5. The van der Waals surface area contributed by atoms with Gasteiger partial charge in [-0.1, -0.05) is 5.16 Å². The second-order valence-electron chi connectivity index (χ2n) is 3.41. The van der Waals surface area contributed by atoms with Gasteiger partial charge in [0.25, 0.3) is 0 Å². The van der Waals surface area contributed by atoms with E-state index >= 15 is 0 Å². The molecule has 1 atom stereocenters. The Morgan fingerprint density at radius 2 is 2.53 bits per heavy atom. The minimum Gasteiger partial charge on any atom is -0.391 e. The number of aromatic nitrogens is 2. The zero-order chi connectivity index (χ0) is 10.8. The molecule has 0 bridgehead atoms. The quantitative estimate of drug-likeness (QED) is 0.633. The largest absolute Gasteiger partial charge is 0.391 e. The summed E-state index contributed by atoms with van der Waals surface area (Å²) in [5.41, 5.74) is 5.29. The summed E-state index contributed by atoms with van der Waals surface area (Å²) in [6, 6.07) is 0. The Morgan fingerprint density at radius 1 is 1.73 bits per heavy atom. The van der Waals surface area contributed by atoms with Gasteiger partial charge in [-0.25, -0.2) is 0 Å². The lowest BCUT2D eigenvalue weighted by atomic mass is 10.3. The van der Waals surface area contributed by atoms with Gasteiger partial charge < -0.3 is 20.3 Å². The fourth-order valence-corrected chi connectivity index (χ4v) is 1.49. The van der Waals surface area contributed by atoms with Crippen molar-refractivity contribution in [1.29, 1.82) is 0 Å². The van der Waals surface area contributed by atoms with E-state index in [1.807, 2.05) is 0 Å². The molecule has 1 amide bonds. The van der Waals surface area contributed by atoms with E-state index in [2.05, 4.69) is 10.1 Å². The third-order valence-corrected chi connectivity index (χ3v) is 2.28. The zero-order valence-corrected chi connectivity index (χ0v) is 8.09. The molecular formula is C8H12N4O3. The average Bonchev–Trinajstić information content (AvgIpc) is 2.84. The highest BCUT2D eigenvalue weighted by Gasteiger charge is 2.28. The number of carbonyl (C=O) groups is 1. The molecule has 1 aromatic rings. The maximum Gasteiger partial charge on any atom is 0.316 e. The summed E-state index contributed by atoms with van der Waals surface area (Å²) in [4.78, 5) is 17.0. The molecular weight excluding hydrogens is 200 g/mol. The summed E-state index contributed by atoms with van der Waals surface area (Å²) in [7, 11) is 0. The van der Waals surface area contributed by atoms with Crippen molar-refractivity contribution < 1.29 is 14.4 Å². The summed E-state index contributed by atoms with van der Waals surface area (Å²) in [5, 5.41) is 12.8. The first-order valence-electron chi connectivity index (χ1n) is 4.70. The Morgan fingerprint density at radius 3 is 3.07 bits per heavy atom. The van der Waals surface area contributed by atoms with Crippen LogP contribution in [-0.4, -0.2) is 45.2 Å². The molecule has 0 aliphatic carbocycles. The molecule has 1 aliphatic heterocycles. The summed E-state index contributed by atoms with van der Waals surface area (Å²) < 4.78 is 4.75. The molecule has 0 saturated carbocycles. The fourth-order valence-electron chi connectivity index (χ4n) is 1.49. The minimum absolute atomic E-state index is 0.0652. The van der Waals surface area contributed by atoms with Gasteiger partial charge in [0.1, 0.15) is 0 Å². The molecule has 2 heterocycles. The smallest absolute Gasteiger partial charge is 0.316 e. The normalized spacial score (nSPS) is 20.9. The van der Waals surface area contributed by atoms with E-state index in [9.17, 15) is 9.90 Å². The van der Waals surface area contributed by atoms with E-state index in [4.69, 9.17) is 10.3 Å². The Hall–Kier alpha value is -1.47. The third-order valence-electron chi connectivity index (χ3n) is 2.28. The third kappa shape index (κ3) is 1.97. The second-order valence-corrected chi connectivity index (χ2v) is 3.41. The number of aliphatic hydroxyl groups is 1. The van der Waals surface area contributed by atoms with Crippen LogP contribution in [-0.2, 0) is 6.54 Å². The van der Waals surface area contributed by atoms with E-state index in [0.29, 0.717) is 25.3 Å². The number of amides is 1. The first-order valence-corrected chi connectivity index (χ1v) is 4.70. The number of carbonyl (C=O) groups excluding carboxylic acids is 1. The van der Waals surface area contributed by atoms with Gasteiger partial charge in [0, 0.05) is 13.1 Å². The molecule has 82 valence electrons. The van der Waals surface area contributed by atoms with E-state index in [1.54, 1.807) is 0 Å². The number of rotatable bonds is 2. The van der Waals surface area contributed by atoms with Crippen molar-refractivity contribution in [2.45, 2.75) is 19.1 Å². The van der Waals surface area contributed by atoms with Gasteiger partial charge in [0.2, 0.25) is 0 Å². The topological polar surface area (TPSA) is 105 Å². The standard InChI is InChI=1S/C8H12N4O3/c9-3-6-10-7(15-11-6)8(14)12-2-1-5(13)4-12/h5,13H,1-4,9H2/t5-/m0/s1. The first kappa shape index (κ1) is 10.1. The lowest BCUT2D eigenvalue weighted by molar-refractivity contribution is 0.0716. The van der Waals surface area contributed by atoms with Gasteiger partial charge in [-0.2, -0.15) is 4.98 Å². The molecule has 0 unspecified atom stereocenters. The molecule has 7 nitrogen and oxygen atoms in total. The molecule has 1 fully saturated rings. The first-order chi connectivity index (χ1) is 7.20. The molecule has 7 heteroatoms. The number of hydrogen-bond acceptors (Lipinski definition) is 6. The predicted octanol–water partition coefficient (Wildman–Crippen LogP) is -1.26. The number of aliphatic hydroxyl groups excluding tert-OH is 1. The second kappa shape index (κ2) is 3.95. The van der Waals surface area contributed by atoms with Crippen molar-refractivity contribution in [2.75, 3.05) is 13.1 Å². The van der Waals surface area contributed by atoms with Crippen molar-refractivity contribution in [3.05, 3.63) is 11.7 Å². The van der Waals surface area contributed by atoms with Gasteiger partial charge in [-0.3, -0.25) is 4.79 Å². The van der Waals surface area contributed by atoms with E-state index < -0.39 is 6.10 Å². The molecule has 1 aromatic heterocycles. The Kier molecular flexibility index (Phi) is 2.65. The van der Waals surface area contributed by atoms with E-state index in [-0.39, 0.29) is 18.3 Å². The monoisotopic (exact) mass is 212 g/mol. The molecule has 15 heavy (non-hydrogen) atoms. The number of nitrogens with zero attached hydrogens (tertiary/aromatic N) is 3. The molecule has 1 aliphatic rings. The van der Waals surface area contributed by atoms with Crippen molar-refractivity contribution in [3.63, 3.8) is 0 Å². The summed E-state index contributed by atoms with van der Waals surface area (Å²) in [6.45, 7) is 0.971. The molecule has 0 radical (unpaired) electrons. The van der Waals surface area contributed by atoms with Crippen molar-refractivity contribution >= 4 is 5.91 Å². The van der Waals surface area contributed by atoms with E-state index in [1.165, 1.54) is 4.90 Å². The molecule has 0 spiro atoms. The van der Waals surface area contributed by atoms with Crippen molar-refractivity contribution in [2.24, 2.45) is 5.73 Å². The van der Waals surface area contributed by atoms with Crippen LogP contribution in [0.3, 0.4) is 0 Å². The Labute approximate surface area is 85.9 Å². The highest BCUT2D eigenvalue weighted by molar-refractivity contribution is 5.89. The van der Waals surface area contributed by atoms with Gasteiger partial charge in [-0.15, -0.1) is 0 Å². The Balaban J connectivity index is 2.07. The van der Waals surface area contributed by atoms with E-state index in [0.717, 1.165) is 0 Å². The number of β-amino-alcohol motifs (C(OH)–C–C–N with tert-alkyl or cyclic N) is 1. The lowest BCUT2D eigenvalue weighted by Gasteiger charge is -2.11. The van der Waals surface area contributed by atoms with Gasteiger partial charge in [0.15, 0.2) is 5.82 Å². The van der Waals surface area contributed by atoms with Gasteiger partial charge in [-0.05, 0) is 6.42 Å². The van der Waals surface area contributed by atoms with Crippen LogP contribution >= 0.6 is 0 Å². The number of likely N-dealkylation sites (tertiary alicyclic amines) is 1. The SMILES string of the molecule is NCc1noc(C(=O)N2CC[C@H](O)C2)n1. The molecule has 2 rings (SSSR count). The van der Waals surface area contributed by atoms with Crippen LogP contribution in [0.5, 0.6) is 0 Å². The lowest BCUT2D eigenvalue weighted by Crippen LogP contribution is -2.29. The average molecular weight is 212 g/mol. The van der Waals surface area contributed by atoms with Crippen LogP contribution in [0.15, 0.2) is 4.52 Å². The van der Waals surface area contributed by atoms with Crippen LogP contribution in [0.4, 0.5) is 0 Å². The predicted molar refractivity (Wildman–Crippen MR) is 48.7 cm³/mol. The molecule has 3 N–H and O–H groups in total. The number of nitrogens with two attached hydrogens (primary N) is 1. The summed E-state index contributed by atoms with van der Waals surface area (Å²) in [6.07, 6.45) is 0.134. The van der Waals surface area contributed by atoms with Crippen LogP contribution in [0.1, 0.15) is 22.9 Å². The highest BCUT2D eigenvalue weighted by Crippen LogP contribution is 2.12. The van der Waals surface area contributed by atoms with Crippen molar-refractivity contribution in [1.82, 2.24) is 15.0 Å². The van der Waals surface area contributed by atoms with Crippen molar-refractivity contribution in [3.8, 4) is 0 Å². The summed E-state index contributed by atoms with van der Waals surface area (Å²) in [5.74, 6) is -0.110.